The zero-order valence-electron chi connectivity index (χ0n) is 20.2. The van der Waals surface area contributed by atoms with Crippen LogP contribution in [0, 0.1) is 5.92 Å². The van der Waals surface area contributed by atoms with Crippen LogP contribution in [0.3, 0.4) is 0 Å². The minimum absolute atomic E-state index is 0.0252. The van der Waals surface area contributed by atoms with Crippen LogP contribution in [0.5, 0.6) is 11.5 Å². The highest BCUT2D eigenvalue weighted by atomic mass is 16.5. The lowest BCUT2D eigenvalue weighted by molar-refractivity contribution is -0.122. The maximum absolute atomic E-state index is 13.1. The first kappa shape index (κ1) is 23.6. The summed E-state index contributed by atoms with van der Waals surface area (Å²) in [5, 5.41) is 11.9. The molecule has 0 radical (unpaired) electrons. The topological polar surface area (TPSA) is 63.2 Å². The number of fused-ring (bicyclic) bond motifs is 1. The van der Waals surface area contributed by atoms with Gasteiger partial charge >= 0.3 is 0 Å². The van der Waals surface area contributed by atoms with Gasteiger partial charge in [0.25, 0.3) is 0 Å². The quantitative estimate of drug-likeness (QED) is 0.438. The van der Waals surface area contributed by atoms with Gasteiger partial charge in [-0.05, 0) is 71.8 Å². The monoisotopic (exact) mass is 459 g/mol. The highest BCUT2D eigenvalue weighted by Gasteiger charge is 2.28. The minimum Gasteiger partial charge on any atom is -0.493 e. The van der Waals surface area contributed by atoms with E-state index in [9.17, 15) is 4.79 Å². The van der Waals surface area contributed by atoms with E-state index >= 15 is 0 Å². The molecule has 34 heavy (non-hydrogen) atoms. The Morgan fingerprint density at radius 1 is 1.09 bits per heavy atom. The van der Waals surface area contributed by atoms with E-state index in [1.165, 1.54) is 0 Å². The normalized spacial score (nSPS) is 16.2. The van der Waals surface area contributed by atoms with Gasteiger partial charge in [-0.3, -0.25) is 9.80 Å². The average Bonchev–Trinajstić information content (AvgIpc) is 2.86. The molecule has 6 heteroatoms. The number of hydrogen-bond acceptors (Lipinski definition) is 5. The van der Waals surface area contributed by atoms with Gasteiger partial charge in [0.05, 0.1) is 19.9 Å². The van der Waals surface area contributed by atoms with Crippen molar-refractivity contribution in [2.45, 2.75) is 39.2 Å². The molecule has 178 valence electrons. The van der Waals surface area contributed by atoms with Crippen LogP contribution in [0.15, 0.2) is 65.8 Å². The molecule has 1 N–H and O–H groups in total. The Morgan fingerprint density at radius 2 is 1.91 bits per heavy atom. The molecule has 0 saturated carbocycles. The number of benzene rings is 3. The fraction of sp³-hybridized carbons (Fsp3) is 0.357. The molecule has 4 rings (SSSR count). The molecule has 6 nitrogen and oxygen atoms in total. The van der Waals surface area contributed by atoms with Gasteiger partial charge in [-0.25, -0.2) is 0 Å². The Labute approximate surface area is 201 Å². The second kappa shape index (κ2) is 11.1. The van der Waals surface area contributed by atoms with Crippen molar-refractivity contribution in [2.24, 2.45) is 11.0 Å². The highest BCUT2D eigenvalue weighted by molar-refractivity contribution is 5.97. The number of ether oxygens (including phenoxy) is 2. The standard InChI is InChI=1S/C28H33N3O3/c1-20(2)19-34-27-16-21(11-14-26(27)33-3)18-29-31-15-7-6-10-25(31)28(32)30-24-13-12-22-8-4-5-9-23(22)17-24/h4-5,8-9,11-14,16-18,20,25H,6-7,10,15,19H2,1-3H3,(H,30,32)/b29-18+. The molecule has 0 bridgehead atoms. The van der Waals surface area contributed by atoms with Crippen molar-refractivity contribution in [1.29, 1.82) is 0 Å². The first-order valence-electron chi connectivity index (χ1n) is 11.9. The van der Waals surface area contributed by atoms with E-state index in [4.69, 9.17) is 14.6 Å². The SMILES string of the molecule is COc1ccc(/C=N/N2CCCCC2C(=O)Nc2ccc3ccccc3c2)cc1OCC(C)C. The fourth-order valence-electron chi connectivity index (χ4n) is 4.10. The number of anilines is 1. The Bertz CT molecular complexity index is 1160. The van der Waals surface area contributed by atoms with Crippen molar-refractivity contribution in [2.75, 3.05) is 25.6 Å². The van der Waals surface area contributed by atoms with Gasteiger partial charge in [0.2, 0.25) is 5.91 Å². The van der Waals surface area contributed by atoms with E-state index in [0.29, 0.717) is 24.0 Å². The third kappa shape index (κ3) is 5.87. The number of amides is 1. The number of nitrogens with zero attached hydrogens (tertiary/aromatic N) is 2. The average molecular weight is 460 g/mol. The van der Waals surface area contributed by atoms with Gasteiger partial charge in [0.1, 0.15) is 6.04 Å². The summed E-state index contributed by atoms with van der Waals surface area (Å²) in [4.78, 5) is 13.1. The summed E-state index contributed by atoms with van der Waals surface area (Å²) in [6, 6.07) is 19.6. The molecule has 1 saturated heterocycles. The van der Waals surface area contributed by atoms with E-state index < -0.39 is 0 Å². The van der Waals surface area contributed by atoms with Crippen molar-refractivity contribution in [1.82, 2.24) is 5.01 Å². The second-order valence-electron chi connectivity index (χ2n) is 9.09. The Morgan fingerprint density at radius 3 is 2.71 bits per heavy atom. The summed E-state index contributed by atoms with van der Waals surface area (Å²) in [6.45, 7) is 5.58. The fourth-order valence-corrected chi connectivity index (χ4v) is 4.10. The van der Waals surface area contributed by atoms with E-state index in [-0.39, 0.29) is 11.9 Å². The lowest BCUT2D eigenvalue weighted by atomic mass is 10.0. The zero-order valence-corrected chi connectivity index (χ0v) is 20.2. The first-order chi connectivity index (χ1) is 16.5. The number of hydrazone groups is 1. The zero-order chi connectivity index (χ0) is 23.9. The first-order valence-corrected chi connectivity index (χ1v) is 11.9. The molecular weight excluding hydrogens is 426 g/mol. The Balaban J connectivity index is 1.47. The third-order valence-electron chi connectivity index (χ3n) is 5.91. The number of rotatable bonds is 8. The summed E-state index contributed by atoms with van der Waals surface area (Å²) in [6.07, 6.45) is 4.60. The van der Waals surface area contributed by atoms with E-state index in [1.54, 1.807) is 13.3 Å². The summed E-state index contributed by atoms with van der Waals surface area (Å²) >= 11 is 0. The smallest absolute Gasteiger partial charge is 0.248 e. The van der Waals surface area contributed by atoms with Crippen LogP contribution in [0.4, 0.5) is 5.69 Å². The molecule has 0 spiro atoms. The molecule has 1 unspecified atom stereocenters. The summed E-state index contributed by atoms with van der Waals surface area (Å²) < 4.78 is 11.3. The molecule has 0 aromatic heterocycles. The molecule has 1 fully saturated rings. The molecule has 3 aromatic carbocycles. The van der Waals surface area contributed by atoms with Gasteiger partial charge in [-0.15, -0.1) is 0 Å². The van der Waals surface area contributed by atoms with Crippen molar-refractivity contribution in [3.8, 4) is 11.5 Å². The maximum atomic E-state index is 13.1. The molecular formula is C28H33N3O3. The third-order valence-corrected chi connectivity index (χ3v) is 5.91. The van der Waals surface area contributed by atoms with Crippen LogP contribution >= 0.6 is 0 Å². The highest BCUT2D eigenvalue weighted by Crippen LogP contribution is 2.28. The summed E-state index contributed by atoms with van der Waals surface area (Å²) in [5.41, 5.74) is 1.71. The van der Waals surface area contributed by atoms with Gasteiger partial charge in [-0.1, -0.05) is 44.2 Å². The maximum Gasteiger partial charge on any atom is 0.248 e. The number of carbonyl (C=O) groups is 1. The van der Waals surface area contributed by atoms with Crippen LogP contribution in [-0.4, -0.2) is 43.4 Å². The van der Waals surface area contributed by atoms with Crippen molar-refractivity contribution in [3.05, 3.63) is 66.2 Å². The van der Waals surface area contributed by atoms with Gasteiger partial charge in [0, 0.05) is 12.2 Å². The van der Waals surface area contributed by atoms with Crippen LogP contribution in [-0.2, 0) is 4.79 Å². The number of carbonyl (C=O) groups excluding carboxylic acids is 1. The number of nitrogens with one attached hydrogen (secondary N) is 1. The summed E-state index contributed by atoms with van der Waals surface area (Å²) in [7, 11) is 1.64. The van der Waals surface area contributed by atoms with Crippen LogP contribution in [0.25, 0.3) is 10.8 Å². The molecule has 0 aliphatic carbocycles. The van der Waals surface area contributed by atoms with Crippen molar-refractivity contribution in [3.63, 3.8) is 0 Å². The number of hydrogen-bond donors (Lipinski definition) is 1. The van der Waals surface area contributed by atoms with E-state index in [1.807, 2.05) is 53.5 Å². The Hall–Kier alpha value is -3.54. The number of methoxy groups -OCH3 is 1. The lowest BCUT2D eigenvalue weighted by Crippen LogP contribution is -2.44. The van der Waals surface area contributed by atoms with Gasteiger partial charge < -0.3 is 14.8 Å². The largest absolute Gasteiger partial charge is 0.493 e. The Kier molecular flexibility index (Phi) is 7.68. The molecule has 1 atom stereocenters. The molecule has 1 aliphatic rings. The molecule has 1 amide bonds. The lowest BCUT2D eigenvalue weighted by Gasteiger charge is -2.32. The second-order valence-corrected chi connectivity index (χ2v) is 9.09. The summed E-state index contributed by atoms with van der Waals surface area (Å²) in [5.74, 6) is 1.79. The van der Waals surface area contributed by atoms with Crippen molar-refractivity contribution < 1.29 is 14.3 Å². The van der Waals surface area contributed by atoms with E-state index in [0.717, 1.165) is 47.8 Å². The van der Waals surface area contributed by atoms with Gasteiger partial charge in [0.15, 0.2) is 11.5 Å². The predicted molar refractivity (Wildman–Crippen MR) is 138 cm³/mol. The van der Waals surface area contributed by atoms with Crippen molar-refractivity contribution >= 4 is 28.6 Å². The van der Waals surface area contributed by atoms with Gasteiger partial charge in [-0.2, -0.15) is 5.10 Å². The molecule has 1 heterocycles. The van der Waals surface area contributed by atoms with E-state index in [2.05, 4.69) is 31.3 Å². The number of piperidine rings is 1. The molecule has 1 aliphatic heterocycles. The molecule has 3 aromatic rings. The van der Waals surface area contributed by atoms with Crippen LogP contribution in [0.1, 0.15) is 38.7 Å². The van der Waals surface area contributed by atoms with Crippen LogP contribution in [0.2, 0.25) is 0 Å². The van der Waals surface area contributed by atoms with Crippen LogP contribution < -0.4 is 14.8 Å². The minimum atomic E-state index is -0.300. The predicted octanol–water partition coefficient (Wildman–Crippen LogP) is 5.71.